The highest BCUT2D eigenvalue weighted by atomic mass is 16.3. The maximum Gasteiger partial charge on any atom is 0.251 e. The Labute approximate surface area is 167 Å². The van der Waals surface area contributed by atoms with E-state index in [-0.39, 0.29) is 12.5 Å². The second kappa shape index (κ2) is 16.8. The summed E-state index contributed by atoms with van der Waals surface area (Å²) in [5.41, 5.74) is 1.28. The summed E-state index contributed by atoms with van der Waals surface area (Å²) >= 11 is 0. The first-order valence-electron chi connectivity index (χ1n) is 11.3. The predicted molar refractivity (Wildman–Crippen MR) is 115 cm³/mol. The van der Waals surface area contributed by atoms with Crippen LogP contribution in [0, 0.1) is 0 Å². The van der Waals surface area contributed by atoms with Crippen molar-refractivity contribution in [1.29, 1.82) is 0 Å². The number of benzene rings is 1. The van der Waals surface area contributed by atoms with E-state index >= 15 is 0 Å². The Balaban J connectivity index is 1.88. The van der Waals surface area contributed by atoms with E-state index in [2.05, 4.69) is 12.2 Å². The van der Waals surface area contributed by atoms with Crippen LogP contribution >= 0.6 is 0 Å². The molecular formula is C24H41NO2. The minimum atomic E-state index is -0.0948. The Hall–Kier alpha value is -1.35. The number of amides is 1. The van der Waals surface area contributed by atoms with Crippen molar-refractivity contribution < 1.29 is 9.90 Å². The fourth-order valence-corrected chi connectivity index (χ4v) is 3.50. The molecule has 0 radical (unpaired) electrons. The first kappa shape index (κ1) is 23.7. The van der Waals surface area contributed by atoms with Gasteiger partial charge in [0.1, 0.15) is 0 Å². The van der Waals surface area contributed by atoms with Crippen molar-refractivity contribution in [2.45, 2.75) is 103 Å². The molecule has 0 saturated heterocycles. The molecule has 0 fully saturated rings. The van der Waals surface area contributed by atoms with Crippen LogP contribution in [-0.2, 0) is 6.61 Å². The fraction of sp³-hybridized carbons (Fsp3) is 0.708. The lowest BCUT2D eigenvalue weighted by molar-refractivity contribution is 0.0950. The van der Waals surface area contributed by atoms with Crippen molar-refractivity contribution in [2.24, 2.45) is 0 Å². The number of aliphatic hydroxyl groups excluding tert-OH is 1. The molecular weight excluding hydrogens is 334 g/mol. The first-order valence-corrected chi connectivity index (χ1v) is 11.3. The molecule has 3 heteroatoms. The third-order valence-electron chi connectivity index (χ3n) is 5.25. The molecule has 0 aliphatic carbocycles. The van der Waals surface area contributed by atoms with E-state index in [1.165, 1.54) is 83.5 Å². The van der Waals surface area contributed by atoms with Crippen LogP contribution in [0.3, 0.4) is 0 Å². The summed E-state index contributed by atoms with van der Waals surface area (Å²) in [6, 6.07) is 7.24. The largest absolute Gasteiger partial charge is 0.392 e. The lowest BCUT2D eigenvalue weighted by Gasteiger charge is -2.08. The van der Waals surface area contributed by atoms with E-state index in [9.17, 15) is 9.90 Å². The van der Waals surface area contributed by atoms with E-state index in [1.54, 1.807) is 12.1 Å². The highest BCUT2D eigenvalue weighted by molar-refractivity contribution is 5.95. The molecule has 0 saturated carbocycles. The molecule has 27 heavy (non-hydrogen) atoms. The van der Waals surface area contributed by atoms with E-state index in [0.29, 0.717) is 11.1 Å². The van der Waals surface area contributed by atoms with Crippen molar-refractivity contribution in [3.63, 3.8) is 0 Å². The monoisotopic (exact) mass is 375 g/mol. The van der Waals surface area contributed by atoms with Gasteiger partial charge in [-0.05, 0) is 18.1 Å². The maximum absolute atomic E-state index is 12.1. The number of hydrogen-bond donors (Lipinski definition) is 2. The Kier molecular flexibility index (Phi) is 14.7. The van der Waals surface area contributed by atoms with Crippen LogP contribution in [0.5, 0.6) is 0 Å². The van der Waals surface area contributed by atoms with Gasteiger partial charge in [0.2, 0.25) is 0 Å². The molecule has 2 N–H and O–H groups in total. The van der Waals surface area contributed by atoms with Crippen LogP contribution < -0.4 is 5.32 Å². The number of unbranched alkanes of at least 4 members (excludes halogenated alkanes) is 13. The molecule has 1 amide bonds. The lowest BCUT2D eigenvalue weighted by atomic mass is 10.0. The molecule has 0 aliphatic heterocycles. The van der Waals surface area contributed by atoms with Crippen LogP contribution in [0.1, 0.15) is 113 Å². The van der Waals surface area contributed by atoms with Gasteiger partial charge in [0, 0.05) is 12.1 Å². The number of carbonyl (C=O) groups excluding carboxylic acids is 1. The van der Waals surface area contributed by atoms with Crippen molar-refractivity contribution in [3.05, 3.63) is 35.4 Å². The van der Waals surface area contributed by atoms with Gasteiger partial charge in [0.25, 0.3) is 5.91 Å². The molecule has 0 heterocycles. The predicted octanol–water partition coefficient (Wildman–Crippen LogP) is 6.39. The number of rotatable bonds is 17. The highest BCUT2D eigenvalue weighted by Crippen LogP contribution is 2.13. The molecule has 0 spiro atoms. The van der Waals surface area contributed by atoms with Gasteiger partial charge in [-0.2, -0.15) is 0 Å². The van der Waals surface area contributed by atoms with Crippen molar-refractivity contribution in [3.8, 4) is 0 Å². The summed E-state index contributed by atoms with van der Waals surface area (Å²) in [6.07, 6.45) is 18.8. The van der Waals surface area contributed by atoms with Gasteiger partial charge >= 0.3 is 0 Å². The molecule has 1 rings (SSSR count). The number of carbonyl (C=O) groups is 1. The normalized spacial score (nSPS) is 10.9. The van der Waals surface area contributed by atoms with Gasteiger partial charge in [-0.1, -0.05) is 109 Å². The van der Waals surface area contributed by atoms with Crippen LogP contribution in [0.25, 0.3) is 0 Å². The average molecular weight is 376 g/mol. The summed E-state index contributed by atoms with van der Waals surface area (Å²) in [7, 11) is 0. The van der Waals surface area contributed by atoms with E-state index in [0.717, 1.165) is 13.0 Å². The molecule has 1 aromatic rings. The Morgan fingerprint density at radius 1 is 0.778 bits per heavy atom. The molecule has 0 bridgehead atoms. The van der Waals surface area contributed by atoms with Gasteiger partial charge in [-0.3, -0.25) is 4.79 Å². The topological polar surface area (TPSA) is 49.3 Å². The van der Waals surface area contributed by atoms with Crippen molar-refractivity contribution in [2.75, 3.05) is 6.54 Å². The van der Waals surface area contributed by atoms with Crippen LogP contribution in [0.4, 0.5) is 0 Å². The smallest absolute Gasteiger partial charge is 0.251 e. The number of nitrogens with one attached hydrogen (secondary N) is 1. The lowest BCUT2D eigenvalue weighted by Crippen LogP contribution is -2.25. The zero-order chi connectivity index (χ0) is 19.6. The van der Waals surface area contributed by atoms with E-state index in [4.69, 9.17) is 0 Å². The summed E-state index contributed by atoms with van der Waals surface area (Å²) < 4.78 is 0. The van der Waals surface area contributed by atoms with Gasteiger partial charge < -0.3 is 10.4 Å². The van der Waals surface area contributed by atoms with Gasteiger partial charge in [0.15, 0.2) is 0 Å². The Bertz CT molecular complexity index is 487. The molecule has 0 aliphatic rings. The summed E-state index contributed by atoms with van der Waals surface area (Å²) in [4.78, 5) is 12.1. The number of aliphatic hydroxyl groups is 1. The van der Waals surface area contributed by atoms with Crippen LogP contribution in [0.15, 0.2) is 24.3 Å². The molecule has 3 nitrogen and oxygen atoms in total. The summed E-state index contributed by atoms with van der Waals surface area (Å²) in [5, 5.41) is 12.3. The SMILES string of the molecule is CCCCCCCCCCCCCCCCNC(=O)c1ccccc1CO. The van der Waals surface area contributed by atoms with Gasteiger partial charge in [-0.25, -0.2) is 0 Å². The average Bonchev–Trinajstić information content (AvgIpc) is 2.70. The third-order valence-corrected chi connectivity index (χ3v) is 5.25. The standard InChI is InChI=1S/C24H41NO2/c1-2-3-4-5-6-7-8-9-10-11-12-13-14-17-20-25-24(27)23-19-16-15-18-22(23)21-26/h15-16,18-19,26H,2-14,17,20-21H2,1H3,(H,25,27). The maximum atomic E-state index is 12.1. The zero-order valence-electron chi connectivity index (χ0n) is 17.5. The van der Waals surface area contributed by atoms with Crippen molar-refractivity contribution in [1.82, 2.24) is 5.32 Å². The van der Waals surface area contributed by atoms with Crippen molar-refractivity contribution >= 4 is 5.91 Å². The minimum Gasteiger partial charge on any atom is -0.392 e. The second-order valence-electron chi connectivity index (χ2n) is 7.67. The van der Waals surface area contributed by atoms with E-state index in [1.807, 2.05) is 12.1 Å². The van der Waals surface area contributed by atoms with Gasteiger partial charge in [0.05, 0.1) is 6.61 Å². The summed E-state index contributed by atoms with van der Waals surface area (Å²) in [6.45, 7) is 2.90. The Morgan fingerprint density at radius 2 is 1.26 bits per heavy atom. The molecule has 0 aromatic heterocycles. The van der Waals surface area contributed by atoms with Crippen LogP contribution in [0.2, 0.25) is 0 Å². The zero-order valence-corrected chi connectivity index (χ0v) is 17.5. The highest BCUT2D eigenvalue weighted by Gasteiger charge is 2.08. The van der Waals surface area contributed by atoms with E-state index < -0.39 is 0 Å². The quantitative estimate of drug-likeness (QED) is 0.310. The summed E-state index contributed by atoms with van der Waals surface area (Å²) in [5.74, 6) is -0.0747. The second-order valence-corrected chi connectivity index (χ2v) is 7.67. The first-order chi connectivity index (χ1) is 13.3. The third kappa shape index (κ3) is 11.9. The fourth-order valence-electron chi connectivity index (χ4n) is 3.50. The number of hydrogen-bond acceptors (Lipinski definition) is 2. The minimum absolute atomic E-state index is 0.0747. The molecule has 1 aromatic carbocycles. The molecule has 0 unspecified atom stereocenters. The molecule has 0 atom stereocenters. The Morgan fingerprint density at radius 3 is 1.78 bits per heavy atom. The van der Waals surface area contributed by atoms with Crippen LogP contribution in [-0.4, -0.2) is 17.6 Å². The van der Waals surface area contributed by atoms with Gasteiger partial charge in [-0.15, -0.1) is 0 Å². The molecule has 154 valence electrons.